The molecule has 0 atom stereocenters. The third-order valence-electron chi connectivity index (χ3n) is 3.44. The van der Waals surface area contributed by atoms with E-state index >= 15 is 0 Å². The molecule has 8 heteroatoms. The number of likely N-dealkylation sites (N-methyl/N-ethyl adjacent to an activating group) is 1. The minimum absolute atomic E-state index is 0.103. The Kier molecular flexibility index (Phi) is 4.60. The summed E-state index contributed by atoms with van der Waals surface area (Å²) in [7, 11) is -0.706. The largest absolute Gasteiger partial charge is 0.465 e. The minimum Gasteiger partial charge on any atom is -0.465 e. The first kappa shape index (κ1) is 15.9. The molecule has 1 aromatic carbocycles. The number of carbonyl (C=O) groups excluding carboxylic acids is 1. The van der Waals surface area contributed by atoms with E-state index in [1.165, 1.54) is 4.31 Å². The zero-order valence-electron chi connectivity index (χ0n) is 11.9. The molecule has 1 aliphatic heterocycles. The van der Waals surface area contributed by atoms with Gasteiger partial charge in [0.1, 0.15) is 5.82 Å². The first-order valence-corrected chi connectivity index (χ1v) is 7.87. The Morgan fingerprint density at radius 2 is 1.86 bits per heavy atom. The van der Waals surface area contributed by atoms with Crippen molar-refractivity contribution in [3.8, 4) is 0 Å². The maximum Gasteiger partial charge on any atom is 0.340 e. The van der Waals surface area contributed by atoms with Crippen LogP contribution in [-0.4, -0.2) is 63.9 Å². The Hall–Kier alpha value is -1.51. The zero-order chi connectivity index (χ0) is 15.6. The predicted molar refractivity (Wildman–Crippen MR) is 74.0 cm³/mol. The van der Waals surface area contributed by atoms with Gasteiger partial charge in [-0.25, -0.2) is 17.6 Å². The Balaban J connectivity index is 2.34. The molecule has 2 rings (SSSR count). The highest BCUT2D eigenvalue weighted by molar-refractivity contribution is 7.89. The van der Waals surface area contributed by atoms with Gasteiger partial charge in [0, 0.05) is 26.2 Å². The number of hydrogen-bond donors (Lipinski definition) is 0. The highest BCUT2D eigenvalue weighted by Crippen LogP contribution is 2.20. The van der Waals surface area contributed by atoms with Gasteiger partial charge in [-0.1, -0.05) is 0 Å². The fourth-order valence-corrected chi connectivity index (χ4v) is 3.56. The first-order chi connectivity index (χ1) is 9.86. The van der Waals surface area contributed by atoms with Crippen LogP contribution in [0.4, 0.5) is 4.39 Å². The van der Waals surface area contributed by atoms with Gasteiger partial charge in [-0.05, 0) is 25.2 Å². The smallest absolute Gasteiger partial charge is 0.340 e. The van der Waals surface area contributed by atoms with E-state index in [0.29, 0.717) is 26.2 Å². The summed E-state index contributed by atoms with van der Waals surface area (Å²) in [4.78, 5) is 13.4. The number of carbonyl (C=O) groups is 1. The molecule has 1 aromatic rings. The Morgan fingerprint density at radius 3 is 2.43 bits per heavy atom. The summed E-state index contributed by atoms with van der Waals surface area (Å²) >= 11 is 0. The molecule has 0 spiro atoms. The number of methoxy groups -OCH3 is 1. The van der Waals surface area contributed by atoms with Crippen molar-refractivity contribution in [1.29, 1.82) is 0 Å². The second-order valence-electron chi connectivity index (χ2n) is 4.84. The summed E-state index contributed by atoms with van der Waals surface area (Å²) in [5, 5.41) is 0. The van der Waals surface area contributed by atoms with Crippen molar-refractivity contribution in [1.82, 2.24) is 9.21 Å². The molecule has 1 saturated heterocycles. The van der Waals surface area contributed by atoms with E-state index in [-0.39, 0.29) is 10.5 Å². The lowest BCUT2D eigenvalue weighted by atomic mass is 10.2. The van der Waals surface area contributed by atoms with Gasteiger partial charge in [0.2, 0.25) is 10.0 Å². The van der Waals surface area contributed by atoms with Crippen molar-refractivity contribution in [2.24, 2.45) is 0 Å². The molecule has 0 radical (unpaired) electrons. The highest BCUT2D eigenvalue weighted by atomic mass is 32.2. The van der Waals surface area contributed by atoms with E-state index in [1.54, 1.807) is 0 Å². The predicted octanol–water partition coefficient (Wildman–Crippen LogP) is 0.548. The number of piperazine rings is 1. The number of nitrogens with zero attached hydrogens (tertiary/aromatic N) is 2. The molecule has 1 heterocycles. The summed E-state index contributed by atoms with van der Waals surface area (Å²) in [6, 6.07) is 3.15. The van der Waals surface area contributed by atoms with Crippen LogP contribution in [0, 0.1) is 5.82 Å². The van der Waals surface area contributed by atoms with E-state index in [0.717, 1.165) is 25.3 Å². The lowest BCUT2D eigenvalue weighted by Gasteiger charge is -2.31. The lowest BCUT2D eigenvalue weighted by molar-refractivity contribution is 0.0595. The number of benzene rings is 1. The van der Waals surface area contributed by atoms with E-state index in [1.807, 2.05) is 11.9 Å². The molecule has 0 N–H and O–H groups in total. The van der Waals surface area contributed by atoms with E-state index in [2.05, 4.69) is 4.74 Å². The summed E-state index contributed by atoms with van der Waals surface area (Å²) < 4.78 is 44.4. The van der Waals surface area contributed by atoms with E-state index in [9.17, 15) is 17.6 Å². The average molecular weight is 316 g/mol. The summed E-state index contributed by atoms with van der Waals surface area (Å²) in [5.41, 5.74) is -0.382. The fraction of sp³-hybridized carbons (Fsp3) is 0.462. The number of hydrogen-bond acceptors (Lipinski definition) is 5. The van der Waals surface area contributed by atoms with Crippen LogP contribution in [0.2, 0.25) is 0 Å². The molecule has 116 valence electrons. The number of halogens is 1. The van der Waals surface area contributed by atoms with Gasteiger partial charge in [0.05, 0.1) is 17.6 Å². The van der Waals surface area contributed by atoms with Crippen LogP contribution >= 0.6 is 0 Å². The first-order valence-electron chi connectivity index (χ1n) is 6.43. The van der Waals surface area contributed by atoms with E-state index < -0.39 is 21.8 Å². The van der Waals surface area contributed by atoms with Crippen molar-refractivity contribution in [2.45, 2.75) is 4.90 Å². The summed E-state index contributed by atoms with van der Waals surface area (Å²) in [6.45, 7) is 1.99. The molecule has 0 unspecified atom stereocenters. The van der Waals surface area contributed by atoms with Gasteiger partial charge in [-0.15, -0.1) is 0 Å². The molecule has 0 bridgehead atoms. The SMILES string of the molecule is COC(=O)c1cc(S(=O)(=O)N2CCN(C)CC2)ccc1F. The highest BCUT2D eigenvalue weighted by Gasteiger charge is 2.28. The summed E-state index contributed by atoms with van der Waals surface area (Å²) in [5.74, 6) is -1.71. The quantitative estimate of drug-likeness (QED) is 0.762. The van der Waals surface area contributed by atoms with Crippen LogP contribution in [0.25, 0.3) is 0 Å². The van der Waals surface area contributed by atoms with Crippen molar-refractivity contribution >= 4 is 16.0 Å². The van der Waals surface area contributed by atoms with Crippen LogP contribution in [0.15, 0.2) is 23.1 Å². The number of rotatable bonds is 3. The average Bonchev–Trinajstić information content (AvgIpc) is 2.47. The number of ether oxygens (including phenoxy) is 1. The molecule has 0 aromatic heterocycles. The second kappa shape index (κ2) is 6.08. The molecule has 1 aliphatic rings. The maximum atomic E-state index is 13.6. The van der Waals surface area contributed by atoms with Gasteiger partial charge in [-0.2, -0.15) is 4.31 Å². The summed E-state index contributed by atoms with van der Waals surface area (Å²) in [6.07, 6.45) is 0. The van der Waals surface area contributed by atoms with Crippen LogP contribution in [0.3, 0.4) is 0 Å². The number of sulfonamides is 1. The van der Waals surface area contributed by atoms with Gasteiger partial charge in [-0.3, -0.25) is 0 Å². The third-order valence-corrected chi connectivity index (χ3v) is 5.34. The second-order valence-corrected chi connectivity index (χ2v) is 6.78. The van der Waals surface area contributed by atoms with Gasteiger partial charge < -0.3 is 9.64 Å². The Morgan fingerprint density at radius 1 is 1.24 bits per heavy atom. The minimum atomic E-state index is -3.73. The monoisotopic (exact) mass is 316 g/mol. The van der Waals surface area contributed by atoms with Gasteiger partial charge in [0.15, 0.2) is 0 Å². The van der Waals surface area contributed by atoms with Crippen LogP contribution in [0.1, 0.15) is 10.4 Å². The molecule has 6 nitrogen and oxygen atoms in total. The van der Waals surface area contributed by atoms with Crippen molar-refractivity contribution in [3.05, 3.63) is 29.6 Å². The molecule has 0 amide bonds. The Bertz CT molecular complexity index is 640. The lowest BCUT2D eigenvalue weighted by Crippen LogP contribution is -2.47. The van der Waals surface area contributed by atoms with Crippen molar-refractivity contribution < 1.29 is 22.3 Å². The van der Waals surface area contributed by atoms with Crippen molar-refractivity contribution in [3.63, 3.8) is 0 Å². The third kappa shape index (κ3) is 3.22. The number of esters is 1. The normalized spacial score (nSPS) is 17.7. The fourth-order valence-electron chi connectivity index (χ4n) is 2.11. The van der Waals surface area contributed by atoms with Crippen LogP contribution < -0.4 is 0 Å². The molecule has 21 heavy (non-hydrogen) atoms. The zero-order valence-corrected chi connectivity index (χ0v) is 12.7. The molecular weight excluding hydrogens is 299 g/mol. The molecule has 1 fully saturated rings. The Labute approximate surface area is 123 Å². The standard InChI is InChI=1S/C13H17FN2O4S/c1-15-5-7-16(8-6-15)21(18,19)10-3-4-12(14)11(9-10)13(17)20-2/h3-4,9H,5-8H2,1-2H3. The van der Waals surface area contributed by atoms with Gasteiger partial charge >= 0.3 is 5.97 Å². The van der Waals surface area contributed by atoms with Gasteiger partial charge in [0.25, 0.3) is 0 Å². The molecule has 0 aliphatic carbocycles. The maximum absolute atomic E-state index is 13.6. The molecule has 0 saturated carbocycles. The van der Waals surface area contributed by atoms with Crippen molar-refractivity contribution in [2.75, 3.05) is 40.3 Å². The molecular formula is C13H17FN2O4S. The van der Waals surface area contributed by atoms with E-state index in [4.69, 9.17) is 0 Å². The van der Waals surface area contributed by atoms with Crippen LogP contribution in [0.5, 0.6) is 0 Å². The van der Waals surface area contributed by atoms with Crippen LogP contribution in [-0.2, 0) is 14.8 Å². The topological polar surface area (TPSA) is 66.9 Å².